The van der Waals surface area contributed by atoms with Crippen molar-refractivity contribution in [3.63, 3.8) is 0 Å². The average Bonchev–Trinajstić information content (AvgIpc) is 2.80. The molecule has 6 heteroatoms. The van der Waals surface area contributed by atoms with Gasteiger partial charge in [-0.3, -0.25) is 0 Å². The number of para-hydroxylation sites is 1. The fraction of sp³-hybridized carbons (Fsp3) is 0.286. The highest BCUT2D eigenvalue weighted by Gasteiger charge is 2.14. The highest BCUT2D eigenvalue weighted by atomic mass is 32.2. The quantitative estimate of drug-likeness (QED) is 0.653. The van der Waals surface area contributed by atoms with Gasteiger partial charge >= 0.3 is 0 Å². The third kappa shape index (κ3) is 3.25. The maximum atomic E-state index is 9.04. The van der Waals surface area contributed by atoms with E-state index < -0.39 is 0 Å². The maximum absolute atomic E-state index is 9.04. The SMILES string of the molecule is CSc1nn(CCCOc2ccccc2)c(N)c1C#N. The number of thioether (sulfide) groups is 1. The monoisotopic (exact) mass is 288 g/mol. The maximum Gasteiger partial charge on any atom is 0.140 e. The summed E-state index contributed by atoms with van der Waals surface area (Å²) in [6, 6.07) is 11.7. The Morgan fingerprint density at radius 3 is 2.75 bits per heavy atom. The van der Waals surface area contributed by atoms with Crippen molar-refractivity contribution >= 4 is 17.6 Å². The van der Waals surface area contributed by atoms with Gasteiger partial charge in [0.25, 0.3) is 0 Å². The van der Waals surface area contributed by atoms with Crippen LogP contribution in [0.25, 0.3) is 0 Å². The Hall–Kier alpha value is -2.13. The smallest absolute Gasteiger partial charge is 0.140 e. The van der Waals surface area contributed by atoms with Crippen LogP contribution in [0.15, 0.2) is 35.4 Å². The van der Waals surface area contributed by atoms with E-state index in [1.54, 1.807) is 4.68 Å². The number of aryl methyl sites for hydroxylation is 1. The van der Waals surface area contributed by atoms with Gasteiger partial charge in [0, 0.05) is 13.0 Å². The molecule has 0 radical (unpaired) electrons. The molecule has 0 saturated heterocycles. The predicted octanol–water partition coefficient (Wildman–Crippen LogP) is 2.53. The standard InChI is InChI=1S/C14H16N4OS/c1-20-14-12(10-15)13(16)18(17-14)8-5-9-19-11-6-3-2-4-7-11/h2-4,6-7H,5,8-9,16H2,1H3. The van der Waals surface area contributed by atoms with Gasteiger partial charge < -0.3 is 10.5 Å². The van der Waals surface area contributed by atoms with Crippen LogP contribution in [0.3, 0.4) is 0 Å². The lowest BCUT2D eigenvalue weighted by atomic mass is 10.3. The Morgan fingerprint density at radius 2 is 2.15 bits per heavy atom. The Morgan fingerprint density at radius 1 is 1.40 bits per heavy atom. The second-order valence-corrected chi connectivity index (χ2v) is 4.91. The third-order valence-electron chi connectivity index (χ3n) is 2.79. The molecule has 20 heavy (non-hydrogen) atoms. The van der Waals surface area contributed by atoms with E-state index in [4.69, 9.17) is 15.7 Å². The van der Waals surface area contributed by atoms with Crippen molar-refractivity contribution in [1.29, 1.82) is 5.26 Å². The first kappa shape index (κ1) is 14.3. The Bertz CT molecular complexity index is 604. The molecule has 0 fully saturated rings. The van der Waals surface area contributed by atoms with Gasteiger partial charge in [-0.25, -0.2) is 4.68 Å². The molecule has 0 amide bonds. The Kier molecular flexibility index (Phi) is 4.91. The van der Waals surface area contributed by atoms with Crippen molar-refractivity contribution in [3.05, 3.63) is 35.9 Å². The summed E-state index contributed by atoms with van der Waals surface area (Å²) in [5, 5.41) is 14.0. The van der Waals surface area contributed by atoms with Crippen molar-refractivity contribution < 1.29 is 4.74 Å². The van der Waals surface area contributed by atoms with E-state index in [9.17, 15) is 0 Å². The molecule has 5 nitrogen and oxygen atoms in total. The van der Waals surface area contributed by atoms with Crippen LogP contribution >= 0.6 is 11.8 Å². The third-order valence-corrected chi connectivity index (χ3v) is 3.46. The number of benzene rings is 1. The summed E-state index contributed by atoms with van der Waals surface area (Å²) in [6.45, 7) is 1.22. The molecule has 1 heterocycles. The van der Waals surface area contributed by atoms with Crippen molar-refractivity contribution in [3.8, 4) is 11.8 Å². The second kappa shape index (κ2) is 6.87. The zero-order chi connectivity index (χ0) is 14.4. The molecule has 1 aromatic heterocycles. The van der Waals surface area contributed by atoms with Crippen molar-refractivity contribution in [2.45, 2.75) is 18.0 Å². The van der Waals surface area contributed by atoms with E-state index >= 15 is 0 Å². The van der Waals surface area contributed by atoms with Crippen LogP contribution in [-0.2, 0) is 6.54 Å². The number of nitriles is 1. The van der Waals surface area contributed by atoms with E-state index in [0.29, 0.717) is 29.6 Å². The number of nitrogens with zero attached hydrogens (tertiary/aromatic N) is 3. The zero-order valence-corrected chi connectivity index (χ0v) is 12.1. The zero-order valence-electron chi connectivity index (χ0n) is 11.2. The molecule has 2 aromatic rings. The lowest BCUT2D eigenvalue weighted by Gasteiger charge is -2.06. The fourth-order valence-corrected chi connectivity index (χ4v) is 2.33. The van der Waals surface area contributed by atoms with E-state index in [0.717, 1.165) is 12.2 Å². The Labute approximate surface area is 122 Å². The molecule has 0 bridgehead atoms. The van der Waals surface area contributed by atoms with E-state index in [1.165, 1.54) is 11.8 Å². The van der Waals surface area contributed by atoms with Gasteiger partial charge in [-0.1, -0.05) is 18.2 Å². The molecule has 0 aliphatic carbocycles. The number of ether oxygens (including phenoxy) is 1. The minimum Gasteiger partial charge on any atom is -0.494 e. The largest absolute Gasteiger partial charge is 0.494 e. The summed E-state index contributed by atoms with van der Waals surface area (Å²) in [7, 11) is 0. The highest BCUT2D eigenvalue weighted by Crippen LogP contribution is 2.23. The summed E-state index contributed by atoms with van der Waals surface area (Å²) in [5.41, 5.74) is 6.37. The number of nitrogens with two attached hydrogens (primary N) is 1. The van der Waals surface area contributed by atoms with Crippen LogP contribution in [0.5, 0.6) is 5.75 Å². The van der Waals surface area contributed by atoms with Crippen molar-refractivity contribution in [2.24, 2.45) is 0 Å². The second-order valence-electron chi connectivity index (χ2n) is 4.12. The van der Waals surface area contributed by atoms with Gasteiger partial charge in [0.05, 0.1) is 6.61 Å². The van der Waals surface area contributed by atoms with Crippen LogP contribution in [0.4, 0.5) is 5.82 Å². The summed E-state index contributed by atoms with van der Waals surface area (Å²) in [6.07, 6.45) is 2.66. The molecular formula is C14H16N4OS. The van der Waals surface area contributed by atoms with E-state index in [-0.39, 0.29) is 0 Å². The highest BCUT2D eigenvalue weighted by molar-refractivity contribution is 7.98. The molecule has 0 aliphatic heterocycles. The molecule has 2 N–H and O–H groups in total. The van der Waals surface area contributed by atoms with Crippen LogP contribution < -0.4 is 10.5 Å². The normalized spacial score (nSPS) is 10.2. The Balaban J connectivity index is 1.89. The number of rotatable bonds is 6. The summed E-state index contributed by atoms with van der Waals surface area (Å²) < 4.78 is 7.27. The molecule has 0 saturated carbocycles. The van der Waals surface area contributed by atoms with E-state index in [1.807, 2.05) is 36.6 Å². The number of aromatic nitrogens is 2. The van der Waals surface area contributed by atoms with Crippen LogP contribution in [-0.4, -0.2) is 22.6 Å². The number of anilines is 1. The molecule has 0 unspecified atom stereocenters. The van der Waals surface area contributed by atoms with Gasteiger partial charge in [-0.15, -0.1) is 11.8 Å². The van der Waals surface area contributed by atoms with Gasteiger partial charge in [-0.05, 0) is 18.4 Å². The predicted molar refractivity (Wildman–Crippen MR) is 79.7 cm³/mol. The molecule has 0 spiro atoms. The molecule has 2 rings (SSSR count). The number of hydrogen-bond donors (Lipinski definition) is 1. The molecule has 0 aliphatic rings. The van der Waals surface area contributed by atoms with Crippen LogP contribution in [0.1, 0.15) is 12.0 Å². The van der Waals surface area contributed by atoms with Gasteiger partial charge in [0.2, 0.25) is 0 Å². The molecule has 1 aromatic carbocycles. The summed E-state index contributed by atoms with van der Waals surface area (Å²) >= 11 is 1.43. The van der Waals surface area contributed by atoms with Gasteiger partial charge in [0.1, 0.15) is 28.2 Å². The van der Waals surface area contributed by atoms with Crippen LogP contribution in [0, 0.1) is 11.3 Å². The lowest BCUT2D eigenvalue weighted by molar-refractivity contribution is 0.299. The molecule has 104 valence electrons. The van der Waals surface area contributed by atoms with Gasteiger partial charge in [0.15, 0.2) is 0 Å². The lowest BCUT2D eigenvalue weighted by Crippen LogP contribution is -2.08. The first-order valence-electron chi connectivity index (χ1n) is 6.24. The number of hydrogen-bond acceptors (Lipinski definition) is 5. The minimum absolute atomic E-state index is 0.427. The van der Waals surface area contributed by atoms with Gasteiger partial charge in [-0.2, -0.15) is 10.4 Å². The summed E-state index contributed by atoms with van der Waals surface area (Å²) in [4.78, 5) is 0. The molecule has 0 atom stereocenters. The average molecular weight is 288 g/mol. The van der Waals surface area contributed by atoms with E-state index in [2.05, 4.69) is 11.2 Å². The topological polar surface area (TPSA) is 76.9 Å². The summed E-state index contributed by atoms with van der Waals surface area (Å²) in [5.74, 6) is 1.28. The first-order chi connectivity index (χ1) is 9.76. The number of nitrogen functional groups attached to an aromatic ring is 1. The first-order valence-corrected chi connectivity index (χ1v) is 7.47. The minimum atomic E-state index is 0.427. The van der Waals surface area contributed by atoms with Crippen LogP contribution in [0.2, 0.25) is 0 Å². The van der Waals surface area contributed by atoms with Crippen molar-refractivity contribution in [1.82, 2.24) is 9.78 Å². The fourth-order valence-electron chi connectivity index (χ4n) is 1.79. The molecular weight excluding hydrogens is 272 g/mol. The van der Waals surface area contributed by atoms with Crippen molar-refractivity contribution in [2.75, 3.05) is 18.6 Å².